The van der Waals surface area contributed by atoms with Gasteiger partial charge in [-0.1, -0.05) is 6.07 Å². The molecule has 1 aliphatic rings. The molecular weight excluding hydrogens is 516 g/mol. The number of thiophene rings is 1. The fourth-order valence-corrected chi connectivity index (χ4v) is 3.97. The van der Waals surface area contributed by atoms with E-state index in [-0.39, 0.29) is 35.8 Å². The van der Waals surface area contributed by atoms with Gasteiger partial charge in [0.2, 0.25) is 0 Å². The summed E-state index contributed by atoms with van der Waals surface area (Å²) < 4.78 is 19.4. The highest BCUT2D eigenvalue weighted by Crippen LogP contribution is 2.20. The number of anilines is 1. The molecule has 1 saturated heterocycles. The zero-order valence-corrected chi connectivity index (χ0v) is 19.6. The third kappa shape index (κ3) is 6.18. The van der Waals surface area contributed by atoms with Crippen molar-refractivity contribution in [2.24, 2.45) is 4.99 Å². The molecule has 1 unspecified atom stereocenters. The summed E-state index contributed by atoms with van der Waals surface area (Å²) in [6.45, 7) is 2.79. The SMILES string of the molecule is Fc1cccnc1N1CCC(NC(=NCc2cccs2)NCCc2ccco2)C1.I. The number of aliphatic imine (C=N–C) groups is 1. The molecule has 160 valence electrons. The summed E-state index contributed by atoms with van der Waals surface area (Å²) in [5, 5.41) is 8.94. The van der Waals surface area contributed by atoms with Crippen molar-refractivity contribution in [2.45, 2.75) is 25.4 Å². The average Bonchev–Trinajstić information content (AvgIpc) is 3.49. The van der Waals surface area contributed by atoms with Crippen molar-refractivity contribution in [2.75, 3.05) is 24.5 Å². The maximum Gasteiger partial charge on any atom is 0.191 e. The molecule has 3 aromatic rings. The number of nitrogens with one attached hydrogen (secondary N) is 2. The number of guanidine groups is 1. The van der Waals surface area contributed by atoms with Crippen LogP contribution in [0.4, 0.5) is 10.2 Å². The summed E-state index contributed by atoms with van der Waals surface area (Å²) in [6.07, 6.45) is 4.99. The van der Waals surface area contributed by atoms with E-state index in [4.69, 9.17) is 9.41 Å². The average molecular weight is 541 g/mol. The predicted molar refractivity (Wildman–Crippen MR) is 129 cm³/mol. The lowest BCUT2D eigenvalue weighted by molar-refractivity contribution is 0.506. The van der Waals surface area contributed by atoms with E-state index in [9.17, 15) is 4.39 Å². The Kier molecular flexibility index (Phi) is 8.50. The highest BCUT2D eigenvalue weighted by atomic mass is 127. The van der Waals surface area contributed by atoms with Crippen LogP contribution in [0.1, 0.15) is 17.1 Å². The Hall–Kier alpha value is -2.14. The molecular formula is C21H25FIN5OS. The summed E-state index contributed by atoms with van der Waals surface area (Å²) in [7, 11) is 0. The molecule has 9 heteroatoms. The lowest BCUT2D eigenvalue weighted by atomic mass is 10.3. The van der Waals surface area contributed by atoms with Crippen LogP contribution in [0.15, 0.2) is 63.6 Å². The summed E-state index contributed by atoms with van der Waals surface area (Å²) >= 11 is 1.69. The maximum atomic E-state index is 14.0. The molecule has 0 radical (unpaired) electrons. The number of rotatable bonds is 7. The molecule has 1 aliphatic heterocycles. The Balaban J connectivity index is 0.00000256. The van der Waals surface area contributed by atoms with E-state index in [1.54, 1.807) is 29.9 Å². The van der Waals surface area contributed by atoms with Crippen LogP contribution in [-0.4, -0.2) is 36.6 Å². The van der Waals surface area contributed by atoms with Crippen molar-refractivity contribution >= 4 is 47.1 Å². The normalized spacial score (nSPS) is 16.4. The van der Waals surface area contributed by atoms with Crippen molar-refractivity contribution < 1.29 is 8.81 Å². The first-order chi connectivity index (χ1) is 14.3. The van der Waals surface area contributed by atoms with Crippen molar-refractivity contribution in [1.82, 2.24) is 15.6 Å². The van der Waals surface area contributed by atoms with E-state index in [1.165, 1.54) is 10.9 Å². The van der Waals surface area contributed by atoms with Crippen molar-refractivity contribution in [1.29, 1.82) is 0 Å². The van der Waals surface area contributed by atoms with Crippen molar-refractivity contribution in [3.05, 3.63) is 70.7 Å². The molecule has 0 bridgehead atoms. The molecule has 0 spiro atoms. The van der Waals surface area contributed by atoms with Gasteiger partial charge in [-0.15, -0.1) is 35.3 Å². The van der Waals surface area contributed by atoms with Crippen molar-refractivity contribution in [3.63, 3.8) is 0 Å². The molecule has 3 aromatic heterocycles. The number of hydrogen-bond donors (Lipinski definition) is 2. The zero-order valence-electron chi connectivity index (χ0n) is 16.5. The van der Waals surface area contributed by atoms with Gasteiger partial charge in [0.05, 0.1) is 12.8 Å². The molecule has 4 rings (SSSR count). The lowest BCUT2D eigenvalue weighted by Crippen LogP contribution is -2.45. The summed E-state index contributed by atoms with van der Waals surface area (Å²) in [5.74, 6) is 1.84. The minimum absolute atomic E-state index is 0. The number of hydrogen-bond acceptors (Lipinski definition) is 5. The first kappa shape index (κ1) is 22.5. The second-order valence-electron chi connectivity index (χ2n) is 6.89. The van der Waals surface area contributed by atoms with E-state index in [0.717, 1.165) is 37.7 Å². The van der Waals surface area contributed by atoms with Crippen molar-refractivity contribution in [3.8, 4) is 0 Å². The van der Waals surface area contributed by atoms with Gasteiger partial charge in [0, 0.05) is 43.2 Å². The van der Waals surface area contributed by atoms with E-state index in [2.05, 4.69) is 27.1 Å². The molecule has 0 saturated carbocycles. The zero-order chi connectivity index (χ0) is 19.9. The molecule has 6 nitrogen and oxygen atoms in total. The molecule has 1 fully saturated rings. The molecule has 1 atom stereocenters. The quantitative estimate of drug-likeness (QED) is 0.269. The van der Waals surface area contributed by atoms with Gasteiger partial charge in [-0.25, -0.2) is 14.4 Å². The fraction of sp³-hybridized carbons (Fsp3) is 0.333. The second kappa shape index (κ2) is 11.3. The van der Waals surface area contributed by atoms with E-state index < -0.39 is 0 Å². The molecule has 4 heterocycles. The number of halogens is 2. The van der Waals surface area contributed by atoms with Crippen LogP contribution in [0.3, 0.4) is 0 Å². The lowest BCUT2D eigenvalue weighted by Gasteiger charge is -2.20. The number of aromatic nitrogens is 1. The summed E-state index contributed by atoms with van der Waals surface area (Å²) in [6, 6.07) is 11.2. The Morgan fingerprint density at radius 2 is 2.23 bits per heavy atom. The first-order valence-corrected chi connectivity index (χ1v) is 10.6. The fourth-order valence-electron chi connectivity index (χ4n) is 3.34. The molecule has 0 aliphatic carbocycles. The van der Waals surface area contributed by atoms with Gasteiger partial charge in [-0.2, -0.15) is 0 Å². The maximum absolute atomic E-state index is 14.0. The molecule has 30 heavy (non-hydrogen) atoms. The van der Waals surface area contributed by atoms with Gasteiger partial charge in [-0.3, -0.25) is 0 Å². The smallest absolute Gasteiger partial charge is 0.191 e. The highest BCUT2D eigenvalue weighted by molar-refractivity contribution is 14.0. The molecule has 0 amide bonds. The van der Waals surface area contributed by atoms with Crippen LogP contribution in [-0.2, 0) is 13.0 Å². The van der Waals surface area contributed by atoms with Gasteiger partial charge >= 0.3 is 0 Å². The van der Waals surface area contributed by atoms with Crippen LogP contribution in [0.25, 0.3) is 0 Å². The Labute approximate surface area is 196 Å². The van der Waals surface area contributed by atoms with E-state index >= 15 is 0 Å². The van der Waals surface area contributed by atoms with E-state index in [1.807, 2.05) is 23.1 Å². The summed E-state index contributed by atoms with van der Waals surface area (Å²) in [5.41, 5.74) is 0. The van der Waals surface area contributed by atoms with Gasteiger partial charge in [0.1, 0.15) is 5.76 Å². The highest BCUT2D eigenvalue weighted by Gasteiger charge is 2.26. The largest absolute Gasteiger partial charge is 0.469 e. The van der Waals surface area contributed by atoms with Gasteiger partial charge < -0.3 is 20.0 Å². The standard InChI is InChI=1S/C21H24FN5OS.HI/c22-19-6-1-9-23-20(19)27-11-8-16(15-27)26-21(25-14-18-5-3-13-29-18)24-10-7-17-4-2-12-28-17;/h1-6,9,12-13,16H,7-8,10-11,14-15H2,(H2,24,25,26);1H. The minimum atomic E-state index is -0.281. The van der Waals surface area contributed by atoms with Crippen LogP contribution in [0.2, 0.25) is 0 Å². The first-order valence-electron chi connectivity index (χ1n) is 9.73. The van der Waals surface area contributed by atoms with Crippen LogP contribution in [0, 0.1) is 5.82 Å². The second-order valence-corrected chi connectivity index (χ2v) is 7.92. The monoisotopic (exact) mass is 541 g/mol. The van der Waals surface area contributed by atoms with Gasteiger partial charge in [0.25, 0.3) is 0 Å². The van der Waals surface area contributed by atoms with Gasteiger partial charge in [-0.05, 0) is 42.1 Å². The number of furan rings is 1. The number of nitrogens with zero attached hydrogens (tertiary/aromatic N) is 3. The topological polar surface area (TPSA) is 65.7 Å². The Morgan fingerprint density at radius 1 is 1.30 bits per heavy atom. The molecule has 0 aromatic carbocycles. The van der Waals surface area contributed by atoms with Crippen LogP contribution >= 0.6 is 35.3 Å². The summed E-state index contributed by atoms with van der Waals surface area (Å²) in [4.78, 5) is 12.1. The van der Waals surface area contributed by atoms with Gasteiger partial charge in [0.15, 0.2) is 17.6 Å². The minimum Gasteiger partial charge on any atom is -0.469 e. The van der Waals surface area contributed by atoms with E-state index in [0.29, 0.717) is 18.9 Å². The Morgan fingerprint density at radius 3 is 3.00 bits per heavy atom. The third-order valence-electron chi connectivity index (χ3n) is 4.78. The predicted octanol–water partition coefficient (Wildman–Crippen LogP) is 4.05. The third-order valence-corrected chi connectivity index (χ3v) is 5.65. The van der Waals surface area contributed by atoms with Crippen LogP contribution in [0.5, 0.6) is 0 Å². The molecule has 2 N–H and O–H groups in total. The number of pyridine rings is 1. The van der Waals surface area contributed by atoms with Crippen LogP contribution < -0.4 is 15.5 Å². The Bertz CT molecular complexity index is 919.